The number of guanidine groups is 1. The van der Waals surface area contributed by atoms with Crippen molar-refractivity contribution in [3.8, 4) is 0 Å². The van der Waals surface area contributed by atoms with Gasteiger partial charge in [-0.25, -0.2) is 0 Å². The number of fused-ring (bicyclic) bond motifs is 1. The zero-order valence-electron chi connectivity index (χ0n) is 15.8. The fourth-order valence-corrected chi connectivity index (χ4v) is 2.98. The van der Waals surface area contributed by atoms with E-state index in [-0.39, 0.29) is 29.5 Å². The number of nitrogens with two attached hydrogens (primary N) is 1. The van der Waals surface area contributed by atoms with Crippen LogP contribution in [0.2, 0.25) is 0 Å². The predicted octanol–water partition coefficient (Wildman–Crippen LogP) is 2.77. The summed E-state index contributed by atoms with van der Waals surface area (Å²) < 4.78 is 5.31. The molecule has 0 spiro atoms. The number of nitrogens with zero attached hydrogens (tertiary/aromatic N) is 2. The topological polar surface area (TPSA) is 62.9 Å². The standard InChI is InChI=1S/C19H32N4O.HI/c1-4-24-13-7-11-21-18(20)22-15-19(2,3)23-12-10-16-8-5-6-9-17(16)14-23;/h5-6,8-9H,4,7,10-15H2,1-3H3,(H3,20,21,22);1H. The highest BCUT2D eigenvalue weighted by Gasteiger charge is 2.29. The predicted molar refractivity (Wildman–Crippen MR) is 116 cm³/mol. The lowest BCUT2D eigenvalue weighted by molar-refractivity contribution is 0.112. The molecule has 1 aromatic rings. The van der Waals surface area contributed by atoms with E-state index < -0.39 is 0 Å². The van der Waals surface area contributed by atoms with Crippen LogP contribution in [0.15, 0.2) is 29.3 Å². The monoisotopic (exact) mass is 460 g/mol. The Labute approximate surface area is 169 Å². The van der Waals surface area contributed by atoms with Gasteiger partial charge in [0.05, 0.1) is 6.54 Å². The van der Waals surface area contributed by atoms with E-state index in [1.54, 1.807) is 0 Å². The fourth-order valence-electron chi connectivity index (χ4n) is 2.98. The Morgan fingerprint density at radius 1 is 1.32 bits per heavy atom. The van der Waals surface area contributed by atoms with Crippen molar-refractivity contribution >= 4 is 29.9 Å². The number of hydrogen-bond donors (Lipinski definition) is 2. The molecule has 1 aromatic carbocycles. The Morgan fingerprint density at radius 3 is 2.76 bits per heavy atom. The molecule has 2 rings (SSSR count). The van der Waals surface area contributed by atoms with Gasteiger partial charge in [-0.3, -0.25) is 9.89 Å². The maximum absolute atomic E-state index is 5.98. The molecule has 25 heavy (non-hydrogen) atoms. The van der Waals surface area contributed by atoms with Crippen molar-refractivity contribution in [2.45, 2.75) is 45.7 Å². The SMILES string of the molecule is CCOCCCNC(N)=NCC(C)(C)N1CCc2ccccc2C1.I. The zero-order valence-corrected chi connectivity index (χ0v) is 18.1. The maximum atomic E-state index is 5.98. The lowest BCUT2D eigenvalue weighted by Crippen LogP contribution is -2.49. The lowest BCUT2D eigenvalue weighted by Gasteiger charge is -2.40. The quantitative estimate of drug-likeness (QED) is 0.271. The van der Waals surface area contributed by atoms with E-state index in [4.69, 9.17) is 10.5 Å². The van der Waals surface area contributed by atoms with Gasteiger partial charge in [-0.15, -0.1) is 24.0 Å². The Bertz CT molecular complexity index is 548. The van der Waals surface area contributed by atoms with Crippen molar-refractivity contribution in [1.29, 1.82) is 0 Å². The van der Waals surface area contributed by atoms with Crippen LogP contribution in [0, 0.1) is 0 Å². The average Bonchev–Trinajstić information content (AvgIpc) is 2.59. The second-order valence-electron chi connectivity index (χ2n) is 6.93. The Kier molecular flexibility index (Phi) is 9.74. The minimum atomic E-state index is -0.00878. The molecule has 0 bridgehead atoms. The van der Waals surface area contributed by atoms with Crippen LogP contribution in [0.5, 0.6) is 0 Å². The maximum Gasteiger partial charge on any atom is 0.188 e. The number of nitrogens with one attached hydrogen (secondary N) is 1. The lowest BCUT2D eigenvalue weighted by atomic mass is 9.94. The Morgan fingerprint density at radius 2 is 2.04 bits per heavy atom. The average molecular weight is 460 g/mol. The van der Waals surface area contributed by atoms with E-state index in [9.17, 15) is 0 Å². The van der Waals surface area contributed by atoms with Gasteiger partial charge in [0.25, 0.3) is 0 Å². The summed E-state index contributed by atoms with van der Waals surface area (Å²) >= 11 is 0. The molecule has 0 aromatic heterocycles. The summed E-state index contributed by atoms with van der Waals surface area (Å²) in [5, 5.41) is 3.16. The second kappa shape index (κ2) is 11.0. The summed E-state index contributed by atoms with van der Waals surface area (Å²) in [5.74, 6) is 0.525. The molecule has 0 unspecified atom stereocenters. The van der Waals surface area contributed by atoms with Crippen molar-refractivity contribution in [3.05, 3.63) is 35.4 Å². The normalized spacial score (nSPS) is 15.4. The highest BCUT2D eigenvalue weighted by molar-refractivity contribution is 14.0. The molecule has 5 nitrogen and oxygen atoms in total. The van der Waals surface area contributed by atoms with E-state index in [1.165, 1.54) is 11.1 Å². The van der Waals surface area contributed by atoms with Crippen LogP contribution in [-0.4, -0.2) is 49.2 Å². The van der Waals surface area contributed by atoms with Crippen LogP contribution < -0.4 is 11.1 Å². The molecule has 0 saturated carbocycles. The van der Waals surface area contributed by atoms with Crippen molar-refractivity contribution in [3.63, 3.8) is 0 Å². The van der Waals surface area contributed by atoms with E-state index >= 15 is 0 Å². The van der Waals surface area contributed by atoms with Crippen LogP contribution in [0.3, 0.4) is 0 Å². The first-order valence-corrected chi connectivity index (χ1v) is 8.96. The molecule has 1 heterocycles. The summed E-state index contributed by atoms with van der Waals surface area (Å²) in [5.41, 5.74) is 8.88. The minimum absolute atomic E-state index is 0. The van der Waals surface area contributed by atoms with Crippen LogP contribution in [0.25, 0.3) is 0 Å². The molecule has 142 valence electrons. The van der Waals surface area contributed by atoms with Gasteiger partial charge in [-0.1, -0.05) is 24.3 Å². The molecule has 1 aliphatic heterocycles. The van der Waals surface area contributed by atoms with Gasteiger partial charge in [-0.2, -0.15) is 0 Å². The Hall–Kier alpha value is -0.860. The molecular formula is C19H33IN4O. The first kappa shape index (κ1) is 22.2. The van der Waals surface area contributed by atoms with Gasteiger partial charge in [-0.05, 0) is 44.7 Å². The molecule has 6 heteroatoms. The van der Waals surface area contributed by atoms with Crippen molar-refractivity contribution in [1.82, 2.24) is 10.2 Å². The number of rotatable bonds is 8. The van der Waals surface area contributed by atoms with Gasteiger partial charge >= 0.3 is 0 Å². The molecule has 0 radical (unpaired) electrons. The molecule has 0 aliphatic carbocycles. The summed E-state index contributed by atoms with van der Waals surface area (Å²) in [6, 6.07) is 8.72. The third-order valence-electron chi connectivity index (χ3n) is 4.60. The number of aliphatic imine (C=N–C) groups is 1. The molecule has 0 fully saturated rings. The number of benzene rings is 1. The van der Waals surface area contributed by atoms with Crippen LogP contribution in [0.1, 0.15) is 38.3 Å². The third kappa shape index (κ3) is 7.11. The van der Waals surface area contributed by atoms with Crippen molar-refractivity contribution < 1.29 is 4.74 Å². The van der Waals surface area contributed by atoms with E-state index in [0.717, 1.165) is 45.7 Å². The van der Waals surface area contributed by atoms with Crippen LogP contribution in [-0.2, 0) is 17.7 Å². The molecule has 1 aliphatic rings. The number of halogens is 1. The highest BCUT2D eigenvalue weighted by Crippen LogP contribution is 2.25. The summed E-state index contributed by atoms with van der Waals surface area (Å²) in [4.78, 5) is 7.05. The second-order valence-corrected chi connectivity index (χ2v) is 6.93. The van der Waals surface area contributed by atoms with Gasteiger partial charge in [0.2, 0.25) is 0 Å². The number of ether oxygens (including phenoxy) is 1. The number of hydrogen-bond acceptors (Lipinski definition) is 3. The smallest absolute Gasteiger partial charge is 0.188 e. The molecule has 0 amide bonds. The minimum Gasteiger partial charge on any atom is -0.382 e. The van der Waals surface area contributed by atoms with Crippen LogP contribution >= 0.6 is 24.0 Å². The summed E-state index contributed by atoms with van der Waals surface area (Å²) in [6.45, 7) is 11.6. The first-order chi connectivity index (χ1) is 11.5. The molecule has 0 atom stereocenters. The summed E-state index contributed by atoms with van der Waals surface area (Å²) in [7, 11) is 0. The zero-order chi connectivity index (χ0) is 17.4. The largest absolute Gasteiger partial charge is 0.382 e. The van der Waals surface area contributed by atoms with Crippen molar-refractivity contribution in [2.75, 3.05) is 32.8 Å². The molecule has 0 saturated heterocycles. The van der Waals surface area contributed by atoms with E-state index in [1.807, 2.05) is 6.92 Å². The summed E-state index contributed by atoms with van der Waals surface area (Å²) in [6.07, 6.45) is 2.05. The van der Waals surface area contributed by atoms with Gasteiger partial charge in [0, 0.05) is 38.4 Å². The van der Waals surface area contributed by atoms with Gasteiger partial charge in [0.15, 0.2) is 5.96 Å². The van der Waals surface area contributed by atoms with Crippen molar-refractivity contribution in [2.24, 2.45) is 10.7 Å². The van der Waals surface area contributed by atoms with Gasteiger partial charge in [0.1, 0.15) is 0 Å². The van der Waals surface area contributed by atoms with Gasteiger partial charge < -0.3 is 15.8 Å². The third-order valence-corrected chi connectivity index (χ3v) is 4.60. The van der Waals surface area contributed by atoms with E-state index in [2.05, 4.69) is 53.3 Å². The molecule has 3 N–H and O–H groups in total. The first-order valence-electron chi connectivity index (χ1n) is 8.96. The molecular weight excluding hydrogens is 427 g/mol. The highest BCUT2D eigenvalue weighted by atomic mass is 127. The Balaban J connectivity index is 0.00000312. The van der Waals surface area contributed by atoms with Crippen LogP contribution in [0.4, 0.5) is 0 Å². The fraction of sp³-hybridized carbons (Fsp3) is 0.632. The van der Waals surface area contributed by atoms with E-state index in [0.29, 0.717) is 12.5 Å².